The first-order valence-corrected chi connectivity index (χ1v) is 7.00. The molecule has 1 aliphatic rings. The molecule has 0 saturated heterocycles. The molecule has 0 heterocycles. The minimum atomic E-state index is -0.926. The molecule has 1 aromatic carbocycles. The molecule has 114 valence electrons. The number of esters is 1. The van der Waals surface area contributed by atoms with Gasteiger partial charge in [0.15, 0.2) is 0 Å². The lowest BCUT2D eigenvalue weighted by molar-refractivity contribution is -0.144. The standard InChI is InChI=1S/C16H17F3O2/c1-2-21-15(20)7-10-3-5-11(6-4-10)16-13(18)8-12(17)9-14(16)19/h5,8-10H,2-4,6-7H2,1H3. The highest BCUT2D eigenvalue weighted by Gasteiger charge is 2.22. The second-order valence-electron chi connectivity index (χ2n) is 5.12. The molecule has 2 rings (SSSR count). The van der Waals surface area contributed by atoms with Crippen LogP contribution in [0.5, 0.6) is 0 Å². The number of hydrogen-bond donors (Lipinski definition) is 0. The Labute approximate surface area is 121 Å². The third-order valence-electron chi connectivity index (χ3n) is 3.61. The number of benzene rings is 1. The topological polar surface area (TPSA) is 26.3 Å². The van der Waals surface area contributed by atoms with Crippen molar-refractivity contribution >= 4 is 11.5 Å². The molecule has 0 bridgehead atoms. The Bertz CT molecular complexity index is 544. The van der Waals surface area contributed by atoms with Crippen LogP contribution in [0.3, 0.4) is 0 Å². The molecule has 0 aromatic heterocycles. The molecule has 0 saturated carbocycles. The number of halogens is 3. The first-order valence-electron chi connectivity index (χ1n) is 7.00. The molecule has 0 amide bonds. The number of hydrogen-bond acceptors (Lipinski definition) is 2. The summed E-state index contributed by atoms with van der Waals surface area (Å²) >= 11 is 0. The van der Waals surface area contributed by atoms with E-state index in [0.717, 1.165) is 0 Å². The first kappa shape index (κ1) is 15.6. The van der Waals surface area contributed by atoms with Gasteiger partial charge in [0, 0.05) is 24.1 Å². The Hall–Kier alpha value is -1.78. The molecule has 0 radical (unpaired) electrons. The van der Waals surface area contributed by atoms with E-state index >= 15 is 0 Å². The van der Waals surface area contributed by atoms with E-state index < -0.39 is 17.5 Å². The molecule has 2 nitrogen and oxygen atoms in total. The Balaban J connectivity index is 2.08. The zero-order valence-electron chi connectivity index (χ0n) is 11.8. The quantitative estimate of drug-likeness (QED) is 0.777. The maximum absolute atomic E-state index is 13.7. The van der Waals surface area contributed by atoms with Gasteiger partial charge in [0.1, 0.15) is 17.5 Å². The van der Waals surface area contributed by atoms with E-state index in [9.17, 15) is 18.0 Å². The van der Waals surface area contributed by atoms with Crippen LogP contribution >= 0.6 is 0 Å². The molecule has 1 atom stereocenters. The molecule has 0 fully saturated rings. The molecular formula is C16H17F3O2. The van der Waals surface area contributed by atoms with Gasteiger partial charge in [-0.2, -0.15) is 0 Å². The number of allylic oxidation sites excluding steroid dienone is 2. The molecule has 1 aliphatic carbocycles. The summed E-state index contributed by atoms with van der Waals surface area (Å²) in [5.74, 6) is -2.83. The zero-order valence-corrected chi connectivity index (χ0v) is 11.8. The van der Waals surface area contributed by atoms with E-state index in [2.05, 4.69) is 0 Å². The lowest BCUT2D eigenvalue weighted by atomic mass is 9.84. The smallest absolute Gasteiger partial charge is 0.306 e. The van der Waals surface area contributed by atoms with E-state index in [-0.39, 0.29) is 17.5 Å². The lowest BCUT2D eigenvalue weighted by Crippen LogP contribution is -2.14. The fourth-order valence-electron chi connectivity index (χ4n) is 2.61. The van der Waals surface area contributed by atoms with Crippen LogP contribution in [0, 0.1) is 23.4 Å². The molecule has 0 N–H and O–H groups in total. The van der Waals surface area contributed by atoms with Crippen molar-refractivity contribution in [2.24, 2.45) is 5.92 Å². The summed E-state index contributed by atoms with van der Waals surface area (Å²) in [5, 5.41) is 0. The third kappa shape index (κ3) is 3.86. The van der Waals surface area contributed by atoms with E-state index in [0.29, 0.717) is 50.0 Å². The van der Waals surface area contributed by atoms with Gasteiger partial charge < -0.3 is 4.74 Å². The number of carbonyl (C=O) groups excluding carboxylic acids is 1. The highest BCUT2D eigenvalue weighted by Crippen LogP contribution is 2.34. The van der Waals surface area contributed by atoms with Crippen LogP contribution < -0.4 is 0 Å². The average Bonchev–Trinajstić information content (AvgIpc) is 2.39. The molecule has 1 aromatic rings. The van der Waals surface area contributed by atoms with Crippen molar-refractivity contribution in [2.75, 3.05) is 6.61 Å². The van der Waals surface area contributed by atoms with Crippen LogP contribution in [-0.4, -0.2) is 12.6 Å². The van der Waals surface area contributed by atoms with Gasteiger partial charge in [-0.05, 0) is 37.7 Å². The summed E-state index contributed by atoms with van der Waals surface area (Å²) in [7, 11) is 0. The summed E-state index contributed by atoms with van der Waals surface area (Å²) in [6.45, 7) is 2.09. The van der Waals surface area contributed by atoms with Gasteiger partial charge in [0.25, 0.3) is 0 Å². The second kappa shape index (κ2) is 6.78. The summed E-state index contributed by atoms with van der Waals surface area (Å²) in [5.41, 5.74) is 0.371. The summed E-state index contributed by atoms with van der Waals surface area (Å²) in [6, 6.07) is 1.37. The van der Waals surface area contributed by atoms with Crippen molar-refractivity contribution < 1.29 is 22.7 Å². The Morgan fingerprint density at radius 1 is 1.29 bits per heavy atom. The van der Waals surface area contributed by atoms with Crippen LogP contribution in [0.1, 0.15) is 38.2 Å². The van der Waals surface area contributed by atoms with Crippen LogP contribution in [0.25, 0.3) is 5.57 Å². The third-order valence-corrected chi connectivity index (χ3v) is 3.61. The minimum absolute atomic E-state index is 0.124. The minimum Gasteiger partial charge on any atom is -0.466 e. The largest absolute Gasteiger partial charge is 0.466 e. The molecular weight excluding hydrogens is 281 g/mol. The highest BCUT2D eigenvalue weighted by molar-refractivity contribution is 5.71. The average molecular weight is 298 g/mol. The van der Waals surface area contributed by atoms with Gasteiger partial charge in [-0.25, -0.2) is 13.2 Å². The summed E-state index contributed by atoms with van der Waals surface area (Å²) < 4.78 is 45.2. The maximum atomic E-state index is 13.7. The van der Waals surface area contributed by atoms with E-state index in [4.69, 9.17) is 4.74 Å². The predicted molar refractivity (Wildman–Crippen MR) is 72.9 cm³/mol. The molecule has 1 unspecified atom stereocenters. The van der Waals surface area contributed by atoms with Crippen molar-refractivity contribution in [1.82, 2.24) is 0 Å². The highest BCUT2D eigenvalue weighted by atomic mass is 19.1. The van der Waals surface area contributed by atoms with E-state index in [1.54, 1.807) is 13.0 Å². The van der Waals surface area contributed by atoms with Crippen LogP contribution in [0.15, 0.2) is 18.2 Å². The van der Waals surface area contributed by atoms with Crippen molar-refractivity contribution in [1.29, 1.82) is 0 Å². The normalized spacial score (nSPS) is 18.3. The number of ether oxygens (including phenoxy) is 1. The fraction of sp³-hybridized carbons (Fsp3) is 0.438. The Kier molecular flexibility index (Phi) is 5.04. The number of carbonyl (C=O) groups is 1. The van der Waals surface area contributed by atoms with Crippen molar-refractivity contribution in [2.45, 2.75) is 32.6 Å². The Morgan fingerprint density at radius 2 is 1.95 bits per heavy atom. The van der Waals surface area contributed by atoms with Gasteiger partial charge >= 0.3 is 5.97 Å². The second-order valence-corrected chi connectivity index (χ2v) is 5.12. The van der Waals surface area contributed by atoms with E-state index in [1.807, 2.05) is 0 Å². The monoisotopic (exact) mass is 298 g/mol. The maximum Gasteiger partial charge on any atom is 0.306 e. The van der Waals surface area contributed by atoms with Gasteiger partial charge in [0.05, 0.1) is 6.61 Å². The summed E-state index contributed by atoms with van der Waals surface area (Å²) in [4.78, 5) is 11.4. The number of rotatable bonds is 4. The lowest BCUT2D eigenvalue weighted by Gasteiger charge is -2.22. The molecule has 0 spiro atoms. The molecule has 21 heavy (non-hydrogen) atoms. The zero-order chi connectivity index (χ0) is 15.4. The fourth-order valence-corrected chi connectivity index (χ4v) is 2.61. The predicted octanol–water partition coefficient (Wildman–Crippen LogP) is 4.24. The SMILES string of the molecule is CCOC(=O)CC1CC=C(c2c(F)cc(F)cc2F)CC1. The van der Waals surface area contributed by atoms with Crippen LogP contribution in [-0.2, 0) is 9.53 Å². The van der Waals surface area contributed by atoms with Gasteiger partial charge in [-0.15, -0.1) is 0 Å². The molecule has 5 heteroatoms. The summed E-state index contributed by atoms with van der Waals surface area (Å²) in [6.07, 6.45) is 3.72. The van der Waals surface area contributed by atoms with Crippen LogP contribution in [0.2, 0.25) is 0 Å². The molecule has 0 aliphatic heterocycles. The van der Waals surface area contributed by atoms with Gasteiger partial charge in [0.2, 0.25) is 0 Å². The van der Waals surface area contributed by atoms with Gasteiger partial charge in [-0.1, -0.05) is 6.08 Å². The van der Waals surface area contributed by atoms with Crippen molar-refractivity contribution in [3.05, 3.63) is 41.2 Å². The Morgan fingerprint density at radius 3 is 2.48 bits per heavy atom. The van der Waals surface area contributed by atoms with Crippen LogP contribution in [0.4, 0.5) is 13.2 Å². The van der Waals surface area contributed by atoms with Gasteiger partial charge in [-0.3, -0.25) is 4.79 Å². The van der Waals surface area contributed by atoms with Crippen molar-refractivity contribution in [3.63, 3.8) is 0 Å². The van der Waals surface area contributed by atoms with E-state index in [1.165, 1.54) is 0 Å². The van der Waals surface area contributed by atoms with Crippen molar-refractivity contribution in [3.8, 4) is 0 Å². The first-order chi connectivity index (χ1) is 10.0.